The van der Waals surface area contributed by atoms with Crippen LogP contribution < -0.4 is 5.32 Å². The van der Waals surface area contributed by atoms with Gasteiger partial charge in [0.2, 0.25) is 0 Å². The fourth-order valence-electron chi connectivity index (χ4n) is 5.65. The van der Waals surface area contributed by atoms with Crippen LogP contribution in [0.25, 0.3) is 10.8 Å². The van der Waals surface area contributed by atoms with Crippen LogP contribution in [0.5, 0.6) is 0 Å². The van der Waals surface area contributed by atoms with Gasteiger partial charge in [-0.15, -0.1) is 0 Å². The molecule has 2 atom stereocenters. The lowest BCUT2D eigenvalue weighted by Gasteiger charge is -2.30. The minimum atomic E-state index is -0.218. The highest BCUT2D eigenvalue weighted by Crippen LogP contribution is 2.27. The SMILES string of the molecule is CCCN(C(=O)OCc1cccc2ccccc12)[C@H](CC)CCNCCC(CN(C)Sc1ccccc1)c1ccccc1. The van der Waals surface area contributed by atoms with Crippen molar-refractivity contribution < 1.29 is 9.53 Å². The summed E-state index contributed by atoms with van der Waals surface area (Å²) in [6.45, 7) is 8.03. The molecule has 0 radical (unpaired) electrons. The van der Waals surface area contributed by atoms with Crippen molar-refractivity contribution in [3.63, 3.8) is 0 Å². The van der Waals surface area contributed by atoms with Gasteiger partial charge in [-0.2, -0.15) is 0 Å². The molecule has 0 heterocycles. The number of likely N-dealkylation sites (N-methyl/N-ethyl adjacent to an activating group) is 1. The van der Waals surface area contributed by atoms with Gasteiger partial charge in [0.1, 0.15) is 6.61 Å². The van der Waals surface area contributed by atoms with Gasteiger partial charge < -0.3 is 15.0 Å². The number of carbonyl (C=O) groups excluding carboxylic acids is 1. The van der Waals surface area contributed by atoms with Crippen molar-refractivity contribution in [1.29, 1.82) is 0 Å². The summed E-state index contributed by atoms with van der Waals surface area (Å²) in [7, 11) is 2.18. The molecule has 0 saturated heterocycles. The number of carbonyl (C=O) groups is 1. The van der Waals surface area contributed by atoms with E-state index < -0.39 is 0 Å². The predicted molar refractivity (Wildman–Crippen MR) is 181 cm³/mol. The normalized spacial score (nSPS) is 12.7. The molecule has 43 heavy (non-hydrogen) atoms. The molecular formula is C37H47N3O2S. The largest absolute Gasteiger partial charge is 0.445 e. The van der Waals surface area contributed by atoms with E-state index in [9.17, 15) is 4.79 Å². The predicted octanol–water partition coefficient (Wildman–Crippen LogP) is 8.76. The summed E-state index contributed by atoms with van der Waals surface area (Å²) in [5.41, 5.74) is 2.41. The summed E-state index contributed by atoms with van der Waals surface area (Å²) in [5, 5.41) is 5.98. The molecule has 6 heteroatoms. The monoisotopic (exact) mass is 597 g/mol. The fourth-order valence-corrected chi connectivity index (χ4v) is 6.55. The fraction of sp³-hybridized carbons (Fsp3) is 0.378. The third-order valence-electron chi connectivity index (χ3n) is 7.92. The molecule has 0 fully saturated rings. The van der Waals surface area contributed by atoms with Crippen LogP contribution in [-0.4, -0.2) is 54.6 Å². The average molecular weight is 598 g/mol. The van der Waals surface area contributed by atoms with E-state index in [1.165, 1.54) is 10.5 Å². The zero-order valence-electron chi connectivity index (χ0n) is 26.0. The molecule has 0 aromatic heterocycles. The van der Waals surface area contributed by atoms with Gasteiger partial charge in [0, 0.05) is 24.0 Å². The highest BCUT2D eigenvalue weighted by atomic mass is 32.2. The summed E-state index contributed by atoms with van der Waals surface area (Å²) in [6, 6.07) is 35.9. The first-order chi connectivity index (χ1) is 21.1. The Kier molecular flexibility index (Phi) is 13.4. The molecule has 1 amide bonds. The molecule has 0 aliphatic rings. The standard InChI is InChI=1S/C37H47N3O2S/c1-4-27-40(37(41)42-29-33-19-14-18-31-17-12-13-22-36(31)33)34(5-2)24-26-38-25-23-32(30-15-8-6-9-16-30)28-39(3)43-35-20-10-7-11-21-35/h6-22,32,34,38H,4-5,23-29H2,1-3H3/t32?,34-/m1/s1. The summed E-state index contributed by atoms with van der Waals surface area (Å²) < 4.78 is 8.22. The summed E-state index contributed by atoms with van der Waals surface area (Å²) in [5.74, 6) is 0.428. The van der Waals surface area contributed by atoms with Crippen molar-refractivity contribution in [3.8, 4) is 0 Å². The number of hydrogen-bond donors (Lipinski definition) is 1. The number of rotatable bonds is 17. The quantitative estimate of drug-likeness (QED) is 0.0974. The number of nitrogens with zero attached hydrogens (tertiary/aromatic N) is 2. The van der Waals surface area contributed by atoms with Gasteiger partial charge in [0.25, 0.3) is 0 Å². The Bertz CT molecular complexity index is 1360. The van der Waals surface area contributed by atoms with Crippen LogP contribution >= 0.6 is 11.9 Å². The van der Waals surface area contributed by atoms with E-state index in [1.54, 1.807) is 11.9 Å². The average Bonchev–Trinajstić information content (AvgIpc) is 3.04. The molecule has 5 nitrogen and oxygen atoms in total. The number of ether oxygens (including phenoxy) is 1. The third-order valence-corrected chi connectivity index (χ3v) is 8.86. The molecule has 0 bridgehead atoms. The maximum atomic E-state index is 13.3. The Morgan fingerprint density at radius 1 is 0.837 bits per heavy atom. The van der Waals surface area contributed by atoms with E-state index in [0.717, 1.165) is 61.7 Å². The van der Waals surface area contributed by atoms with E-state index in [1.807, 2.05) is 29.2 Å². The second-order valence-corrected chi connectivity index (χ2v) is 12.4. The zero-order valence-corrected chi connectivity index (χ0v) is 26.8. The molecule has 1 N–H and O–H groups in total. The minimum Gasteiger partial charge on any atom is -0.445 e. The van der Waals surface area contributed by atoms with Crippen molar-refractivity contribution in [2.75, 3.05) is 33.2 Å². The topological polar surface area (TPSA) is 44.8 Å². The molecule has 0 aliphatic carbocycles. The van der Waals surface area contributed by atoms with Crippen LogP contribution in [0, 0.1) is 0 Å². The van der Waals surface area contributed by atoms with Crippen LogP contribution in [0.3, 0.4) is 0 Å². The first kappa shape index (κ1) is 32.6. The maximum absolute atomic E-state index is 13.3. The third kappa shape index (κ3) is 10.1. The first-order valence-electron chi connectivity index (χ1n) is 15.7. The van der Waals surface area contributed by atoms with Crippen molar-refractivity contribution in [2.24, 2.45) is 0 Å². The van der Waals surface area contributed by atoms with Gasteiger partial charge in [0.15, 0.2) is 0 Å². The lowest BCUT2D eigenvalue weighted by molar-refractivity contribution is 0.0776. The molecule has 4 aromatic rings. The minimum absolute atomic E-state index is 0.144. The van der Waals surface area contributed by atoms with E-state index in [4.69, 9.17) is 4.74 Å². The Labute approximate surface area is 262 Å². The summed E-state index contributed by atoms with van der Waals surface area (Å²) in [4.78, 5) is 16.5. The van der Waals surface area contributed by atoms with Gasteiger partial charge in [-0.05, 0) is 97.7 Å². The Morgan fingerprint density at radius 2 is 1.51 bits per heavy atom. The van der Waals surface area contributed by atoms with Crippen molar-refractivity contribution in [1.82, 2.24) is 14.5 Å². The molecule has 0 saturated carbocycles. The number of benzene rings is 4. The number of nitrogens with one attached hydrogen (secondary N) is 1. The van der Waals surface area contributed by atoms with E-state index in [0.29, 0.717) is 12.5 Å². The maximum Gasteiger partial charge on any atom is 0.410 e. The molecule has 1 unspecified atom stereocenters. The van der Waals surface area contributed by atoms with Gasteiger partial charge >= 0.3 is 6.09 Å². The summed E-state index contributed by atoms with van der Waals surface area (Å²) >= 11 is 1.79. The molecular weight excluding hydrogens is 550 g/mol. The number of amides is 1. The Morgan fingerprint density at radius 3 is 2.26 bits per heavy atom. The number of hydrogen-bond acceptors (Lipinski definition) is 5. The van der Waals surface area contributed by atoms with Crippen LogP contribution in [0.15, 0.2) is 108 Å². The summed E-state index contributed by atoms with van der Waals surface area (Å²) in [6.07, 6.45) is 3.54. The Balaban J connectivity index is 1.27. The first-order valence-corrected chi connectivity index (χ1v) is 16.5. The van der Waals surface area contributed by atoms with Gasteiger partial charge in [-0.3, -0.25) is 0 Å². The van der Waals surface area contributed by atoms with Gasteiger partial charge in [-0.1, -0.05) is 105 Å². The van der Waals surface area contributed by atoms with Gasteiger partial charge in [0.05, 0.1) is 0 Å². The van der Waals surface area contributed by atoms with Crippen LogP contribution in [0.1, 0.15) is 56.6 Å². The van der Waals surface area contributed by atoms with E-state index in [-0.39, 0.29) is 18.7 Å². The van der Waals surface area contributed by atoms with Crippen molar-refractivity contribution >= 4 is 28.8 Å². The molecule has 0 spiro atoms. The number of fused-ring (bicyclic) bond motifs is 1. The highest BCUT2D eigenvalue weighted by molar-refractivity contribution is 7.97. The smallest absolute Gasteiger partial charge is 0.410 e. The lowest BCUT2D eigenvalue weighted by Crippen LogP contribution is -2.42. The second kappa shape index (κ2) is 17.7. The highest BCUT2D eigenvalue weighted by Gasteiger charge is 2.23. The second-order valence-electron chi connectivity index (χ2n) is 11.1. The van der Waals surface area contributed by atoms with Crippen LogP contribution in [-0.2, 0) is 11.3 Å². The van der Waals surface area contributed by atoms with Crippen LogP contribution in [0.2, 0.25) is 0 Å². The molecule has 4 rings (SSSR count). The molecule has 4 aromatic carbocycles. The molecule has 228 valence electrons. The Hall–Kier alpha value is -3.32. The molecule has 0 aliphatic heterocycles. The van der Waals surface area contributed by atoms with E-state index >= 15 is 0 Å². The van der Waals surface area contributed by atoms with Crippen molar-refractivity contribution in [2.45, 2.75) is 63.0 Å². The van der Waals surface area contributed by atoms with Crippen LogP contribution in [0.4, 0.5) is 4.79 Å². The lowest BCUT2D eigenvalue weighted by atomic mass is 9.95. The van der Waals surface area contributed by atoms with Crippen molar-refractivity contribution in [3.05, 3.63) is 114 Å². The van der Waals surface area contributed by atoms with Gasteiger partial charge in [-0.25, -0.2) is 9.10 Å². The zero-order chi connectivity index (χ0) is 30.3. The van der Waals surface area contributed by atoms with E-state index in [2.05, 4.69) is 109 Å².